The largest absolute Gasteiger partial charge is 0.341 e. The molecule has 2 aliphatic rings. The van der Waals surface area contributed by atoms with Crippen molar-refractivity contribution in [2.75, 3.05) is 19.6 Å². The van der Waals surface area contributed by atoms with Crippen LogP contribution >= 0.6 is 11.3 Å². The summed E-state index contributed by atoms with van der Waals surface area (Å²) in [5.74, 6) is -0.0573. The quantitative estimate of drug-likeness (QED) is 0.756. The van der Waals surface area contributed by atoms with Gasteiger partial charge in [-0.05, 0) is 50.8 Å². The Bertz CT molecular complexity index is 1050. The number of benzene rings is 1. The first-order valence-corrected chi connectivity index (χ1v) is 12.1. The van der Waals surface area contributed by atoms with Gasteiger partial charge < -0.3 is 4.90 Å². The fourth-order valence-electron chi connectivity index (χ4n) is 4.12. The number of aromatic nitrogens is 1. The van der Waals surface area contributed by atoms with Crippen LogP contribution in [0.4, 0.5) is 0 Å². The number of sulfonamides is 1. The highest BCUT2D eigenvalue weighted by Crippen LogP contribution is 2.28. The van der Waals surface area contributed by atoms with E-state index in [-0.39, 0.29) is 28.3 Å². The number of thiazole rings is 1. The van der Waals surface area contributed by atoms with Crippen molar-refractivity contribution in [1.82, 2.24) is 13.8 Å². The Kier molecular flexibility index (Phi) is 5.32. The van der Waals surface area contributed by atoms with Crippen molar-refractivity contribution < 1.29 is 13.2 Å². The predicted molar refractivity (Wildman–Crippen MR) is 109 cm³/mol. The normalized spacial score (nSPS) is 21.5. The lowest BCUT2D eigenvalue weighted by Crippen LogP contribution is -2.41. The van der Waals surface area contributed by atoms with Gasteiger partial charge in [0.2, 0.25) is 15.9 Å². The molecule has 0 spiro atoms. The predicted octanol–water partition coefficient (Wildman–Crippen LogP) is 2.25. The third-order valence-electron chi connectivity index (χ3n) is 5.74. The van der Waals surface area contributed by atoms with Crippen LogP contribution in [0.15, 0.2) is 27.9 Å². The fraction of sp³-hybridized carbons (Fsp3) is 0.579. The lowest BCUT2D eigenvalue weighted by Gasteiger charge is -2.32. The summed E-state index contributed by atoms with van der Waals surface area (Å²) in [6, 6.07) is 4.78. The van der Waals surface area contributed by atoms with Gasteiger partial charge >= 0.3 is 4.87 Å². The van der Waals surface area contributed by atoms with Crippen molar-refractivity contribution in [3.05, 3.63) is 27.9 Å². The molecule has 1 amide bonds. The summed E-state index contributed by atoms with van der Waals surface area (Å²) in [7, 11) is -3.59. The molecule has 28 heavy (non-hydrogen) atoms. The van der Waals surface area contributed by atoms with E-state index in [1.807, 2.05) is 6.92 Å². The highest BCUT2D eigenvalue weighted by Gasteiger charge is 2.31. The third-order valence-corrected chi connectivity index (χ3v) is 8.69. The van der Waals surface area contributed by atoms with Crippen molar-refractivity contribution >= 4 is 37.5 Å². The number of likely N-dealkylation sites (tertiary alicyclic amines) is 1. The van der Waals surface area contributed by atoms with Gasteiger partial charge in [-0.1, -0.05) is 17.8 Å². The SMILES string of the molecule is C[C@@H]1CCCCN1S(=O)(=O)c1ccc2c(c1)sc(=O)n2CC(=O)N1CCCC1. The number of hydrogen-bond acceptors (Lipinski definition) is 5. The minimum Gasteiger partial charge on any atom is -0.341 e. The molecule has 2 aliphatic heterocycles. The van der Waals surface area contributed by atoms with Crippen LogP contribution in [-0.2, 0) is 21.4 Å². The van der Waals surface area contributed by atoms with Crippen molar-refractivity contribution in [2.24, 2.45) is 0 Å². The summed E-state index contributed by atoms with van der Waals surface area (Å²) in [6.45, 7) is 3.96. The molecule has 1 aromatic heterocycles. The summed E-state index contributed by atoms with van der Waals surface area (Å²) in [5.41, 5.74) is 0.619. The monoisotopic (exact) mass is 423 g/mol. The van der Waals surface area contributed by atoms with Crippen LogP contribution in [-0.4, -0.2) is 53.8 Å². The number of carbonyl (C=O) groups is 1. The molecule has 0 bridgehead atoms. The Balaban J connectivity index is 1.65. The lowest BCUT2D eigenvalue weighted by atomic mass is 10.1. The van der Waals surface area contributed by atoms with Gasteiger partial charge in [0.1, 0.15) is 6.54 Å². The molecule has 0 unspecified atom stereocenters. The molecular weight excluding hydrogens is 398 g/mol. The molecule has 0 aliphatic carbocycles. The van der Waals surface area contributed by atoms with E-state index in [0.29, 0.717) is 16.8 Å². The van der Waals surface area contributed by atoms with Crippen molar-refractivity contribution in [3.63, 3.8) is 0 Å². The minimum atomic E-state index is -3.59. The molecule has 3 heterocycles. The van der Waals surface area contributed by atoms with Gasteiger partial charge in [0, 0.05) is 25.7 Å². The molecule has 4 rings (SSSR count). The molecule has 7 nitrogen and oxygen atoms in total. The zero-order valence-electron chi connectivity index (χ0n) is 16.0. The van der Waals surface area contributed by atoms with Crippen LogP contribution in [0.25, 0.3) is 10.2 Å². The molecule has 0 saturated carbocycles. The number of fused-ring (bicyclic) bond motifs is 1. The summed E-state index contributed by atoms with van der Waals surface area (Å²) in [4.78, 5) is 26.7. The van der Waals surface area contributed by atoms with Gasteiger partial charge in [0.15, 0.2) is 0 Å². The summed E-state index contributed by atoms with van der Waals surface area (Å²) in [5, 5.41) is 0. The summed E-state index contributed by atoms with van der Waals surface area (Å²) >= 11 is 0.995. The van der Waals surface area contributed by atoms with Gasteiger partial charge in [-0.15, -0.1) is 0 Å². The molecule has 1 aromatic carbocycles. The van der Waals surface area contributed by atoms with E-state index in [4.69, 9.17) is 0 Å². The number of piperidine rings is 1. The Hall–Kier alpha value is -1.71. The minimum absolute atomic E-state index is 0.00802. The molecule has 0 N–H and O–H groups in total. The number of hydrogen-bond donors (Lipinski definition) is 0. The molecular formula is C19H25N3O4S2. The van der Waals surface area contributed by atoms with E-state index in [0.717, 1.165) is 56.5 Å². The first-order chi connectivity index (χ1) is 13.4. The molecule has 2 aromatic rings. The second kappa shape index (κ2) is 7.61. The van der Waals surface area contributed by atoms with Gasteiger partial charge in [-0.25, -0.2) is 8.42 Å². The van der Waals surface area contributed by atoms with E-state index in [2.05, 4.69) is 0 Å². The molecule has 1 atom stereocenters. The highest BCUT2D eigenvalue weighted by atomic mass is 32.2. The average molecular weight is 424 g/mol. The first-order valence-electron chi connectivity index (χ1n) is 9.81. The van der Waals surface area contributed by atoms with Crippen LogP contribution in [0.3, 0.4) is 0 Å². The maximum absolute atomic E-state index is 13.1. The molecule has 2 saturated heterocycles. The van der Waals surface area contributed by atoms with E-state index < -0.39 is 10.0 Å². The smallest absolute Gasteiger partial charge is 0.308 e. The first kappa shape index (κ1) is 19.6. The molecule has 9 heteroatoms. The molecule has 152 valence electrons. The Labute approximate surface area is 168 Å². The maximum atomic E-state index is 13.1. The van der Waals surface area contributed by atoms with Gasteiger partial charge in [0.25, 0.3) is 0 Å². The Morgan fingerprint density at radius 1 is 1.14 bits per heavy atom. The van der Waals surface area contributed by atoms with Crippen molar-refractivity contribution in [1.29, 1.82) is 0 Å². The number of amides is 1. The maximum Gasteiger partial charge on any atom is 0.308 e. The standard InChI is InChI=1S/C19H25N3O4S2/c1-14-6-2-3-11-22(14)28(25,26)15-7-8-16-17(12-15)27-19(24)21(16)13-18(23)20-9-4-5-10-20/h7-8,12,14H,2-6,9-11,13H2,1H3/t14-/m1/s1. The van der Waals surface area contributed by atoms with Gasteiger partial charge in [-0.2, -0.15) is 4.31 Å². The zero-order chi connectivity index (χ0) is 19.9. The Morgan fingerprint density at radius 3 is 2.57 bits per heavy atom. The highest BCUT2D eigenvalue weighted by molar-refractivity contribution is 7.89. The van der Waals surface area contributed by atoms with E-state index >= 15 is 0 Å². The third kappa shape index (κ3) is 3.51. The Morgan fingerprint density at radius 2 is 1.86 bits per heavy atom. The second-order valence-electron chi connectivity index (χ2n) is 7.63. The van der Waals surface area contributed by atoms with Crippen molar-refractivity contribution in [3.8, 4) is 0 Å². The molecule has 2 fully saturated rings. The average Bonchev–Trinajstić information content (AvgIpc) is 3.30. The van der Waals surface area contributed by atoms with Crippen molar-refractivity contribution in [2.45, 2.75) is 56.5 Å². The van der Waals surface area contributed by atoms with Crippen LogP contribution in [0.1, 0.15) is 39.0 Å². The van der Waals surface area contributed by atoms with E-state index in [1.165, 1.54) is 4.57 Å². The topological polar surface area (TPSA) is 79.7 Å². The zero-order valence-corrected chi connectivity index (χ0v) is 17.6. The summed E-state index contributed by atoms with van der Waals surface area (Å²) < 4.78 is 29.8. The van der Waals surface area contributed by atoms with E-state index in [1.54, 1.807) is 27.4 Å². The van der Waals surface area contributed by atoms with Gasteiger partial charge in [-0.3, -0.25) is 14.2 Å². The number of nitrogens with zero attached hydrogens (tertiary/aromatic N) is 3. The number of carbonyl (C=O) groups excluding carboxylic acids is 1. The lowest BCUT2D eigenvalue weighted by molar-refractivity contribution is -0.130. The van der Waals surface area contributed by atoms with Crippen LogP contribution in [0.2, 0.25) is 0 Å². The van der Waals surface area contributed by atoms with Crippen LogP contribution < -0.4 is 4.87 Å². The van der Waals surface area contributed by atoms with Crippen LogP contribution in [0.5, 0.6) is 0 Å². The number of rotatable bonds is 4. The fourth-order valence-corrected chi connectivity index (χ4v) is 6.85. The second-order valence-corrected chi connectivity index (χ2v) is 10.5. The van der Waals surface area contributed by atoms with Crippen LogP contribution in [0, 0.1) is 0 Å². The van der Waals surface area contributed by atoms with Gasteiger partial charge in [0.05, 0.1) is 15.1 Å². The summed E-state index contributed by atoms with van der Waals surface area (Å²) in [6.07, 6.45) is 4.78. The molecule has 0 radical (unpaired) electrons. The van der Waals surface area contributed by atoms with E-state index in [9.17, 15) is 18.0 Å².